The molecule has 2 aliphatic heterocycles. The van der Waals surface area contributed by atoms with E-state index >= 15 is 0 Å². The Bertz CT molecular complexity index is 1150. The number of likely N-dealkylation sites (tertiary alicyclic amines) is 1. The van der Waals surface area contributed by atoms with Gasteiger partial charge in [-0.05, 0) is 62.3 Å². The highest BCUT2D eigenvalue weighted by Crippen LogP contribution is 2.38. The molecule has 0 atom stereocenters. The van der Waals surface area contributed by atoms with E-state index in [4.69, 9.17) is 9.47 Å². The predicted molar refractivity (Wildman–Crippen MR) is 133 cm³/mol. The highest BCUT2D eigenvalue weighted by molar-refractivity contribution is 5.96. The fourth-order valence-electron chi connectivity index (χ4n) is 5.53. The van der Waals surface area contributed by atoms with E-state index in [1.165, 1.54) is 17.7 Å². The number of alkyl halides is 3. The van der Waals surface area contributed by atoms with Gasteiger partial charge in [0.1, 0.15) is 0 Å². The maximum Gasteiger partial charge on any atom is 0.416 e. The maximum atomic E-state index is 12.9. The molecule has 2 heterocycles. The Morgan fingerprint density at radius 2 is 1.66 bits per heavy atom. The van der Waals surface area contributed by atoms with Crippen molar-refractivity contribution in [3.05, 3.63) is 70.8 Å². The van der Waals surface area contributed by atoms with Crippen LogP contribution in [0.3, 0.4) is 0 Å². The van der Waals surface area contributed by atoms with Crippen molar-refractivity contribution in [2.75, 3.05) is 19.6 Å². The Labute approximate surface area is 219 Å². The third-order valence-corrected chi connectivity index (χ3v) is 7.63. The standard InChI is InChI=1S/C28H32F3N3O4/c1-17-37-27(38-17)21-6-2-4-19(12-21)18-8-10-24(11-9-18)34-15-23(16-34)33-25(35)14-32-26(36)20-5-3-7-22(13-20)28(29,30)31/h2-7,12-13,17-18,23-24,27H,8-11,14-16H2,1H3,(H,32,36)(H,33,35). The van der Waals surface area contributed by atoms with E-state index in [1.807, 2.05) is 13.0 Å². The van der Waals surface area contributed by atoms with E-state index < -0.39 is 17.6 Å². The first-order valence-electron chi connectivity index (χ1n) is 13.1. The summed E-state index contributed by atoms with van der Waals surface area (Å²) in [5.74, 6) is -0.556. The molecule has 5 rings (SSSR count). The first-order chi connectivity index (χ1) is 18.2. The molecule has 2 N–H and O–H groups in total. The summed E-state index contributed by atoms with van der Waals surface area (Å²) in [7, 11) is 0. The number of carbonyl (C=O) groups is 2. The number of benzene rings is 2. The minimum Gasteiger partial charge on any atom is -0.349 e. The Hall–Kier alpha value is -2.95. The number of hydrogen-bond donors (Lipinski definition) is 2. The molecular weight excluding hydrogens is 499 g/mol. The lowest BCUT2D eigenvalue weighted by Crippen LogP contribution is -2.63. The van der Waals surface area contributed by atoms with Crippen molar-refractivity contribution in [2.24, 2.45) is 0 Å². The van der Waals surface area contributed by atoms with Crippen LogP contribution in [0.25, 0.3) is 0 Å². The van der Waals surface area contributed by atoms with Gasteiger partial charge in [-0.25, -0.2) is 0 Å². The van der Waals surface area contributed by atoms with Crippen LogP contribution in [0.5, 0.6) is 0 Å². The minimum absolute atomic E-state index is 0.00670. The second-order valence-electron chi connectivity index (χ2n) is 10.3. The smallest absolute Gasteiger partial charge is 0.349 e. The molecule has 2 amide bonds. The van der Waals surface area contributed by atoms with Crippen LogP contribution in [0.15, 0.2) is 48.5 Å². The summed E-state index contributed by atoms with van der Waals surface area (Å²) < 4.78 is 49.8. The summed E-state index contributed by atoms with van der Waals surface area (Å²) in [4.78, 5) is 26.8. The number of rotatable bonds is 7. The highest BCUT2D eigenvalue weighted by atomic mass is 19.4. The summed E-state index contributed by atoms with van der Waals surface area (Å²) >= 11 is 0. The van der Waals surface area contributed by atoms with Gasteiger partial charge in [-0.1, -0.05) is 30.3 Å². The molecule has 7 nitrogen and oxygen atoms in total. The molecule has 0 spiro atoms. The molecule has 2 aromatic carbocycles. The fraction of sp³-hybridized carbons (Fsp3) is 0.500. The zero-order chi connectivity index (χ0) is 26.9. The number of halogens is 3. The molecule has 10 heteroatoms. The summed E-state index contributed by atoms with van der Waals surface area (Å²) in [5, 5.41) is 5.29. The normalized spacial score (nSPS) is 26.2. The van der Waals surface area contributed by atoms with Crippen molar-refractivity contribution in [1.82, 2.24) is 15.5 Å². The molecule has 204 valence electrons. The maximum absolute atomic E-state index is 12.9. The van der Waals surface area contributed by atoms with Crippen molar-refractivity contribution < 1.29 is 32.2 Å². The van der Waals surface area contributed by atoms with Crippen LogP contribution in [0.4, 0.5) is 13.2 Å². The average Bonchev–Trinajstić information content (AvgIpc) is 2.87. The minimum atomic E-state index is -4.53. The van der Waals surface area contributed by atoms with E-state index in [9.17, 15) is 22.8 Å². The van der Waals surface area contributed by atoms with Crippen LogP contribution in [-0.4, -0.2) is 54.7 Å². The number of hydrogen-bond acceptors (Lipinski definition) is 5. The summed E-state index contributed by atoms with van der Waals surface area (Å²) in [6.07, 6.45) is -0.548. The lowest BCUT2D eigenvalue weighted by molar-refractivity contribution is -0.382. The lowest BCUT2D eigenvalue weighted by Gasteiger charge is -2.46. The van der Waals surface area contributed by atoms with Gasteiger partial charge in [-0.2, -0.15) is 13.2 Å². The van der Waals surface area contributed by atoms with Crippen LogP contribution < -0.4 is 10.6 Å². The monoisotopic (exact) mass is 531 g/mol. The quantitative estimate of drug-likeness (QED) is 0.556. The molecule has 1 aliphatic carbocycles. The zero-order valence-corrected chi connectivity index (χ0v) is 21.2. The third kappa shape index (κ3) is 6.19. The number of carbonyl (C=O) groups excluding carboxylic acids is 2. The van der Waals surface area contributed by atoms with E-state index in [2.05, 4.69) is 33.7 Å². The van der Waals surface area contributed by atoms with Crippen molar-refractivity contribution in [3.63, 3.8) is 0 Å². The van der Waals surface area contributed by atoms with Crippen LogP contribution in [0.1, 0.15) is 71.9 Å². The molecule has 3 aliphatic rings. The number of amides is 2. The molecule has 2 aromatic rings. The van der Waals surface area contributed by atoms with Gasteiger partial charge in [0.15, 0.2) is 12.6 Å². The largest absolute Gasteiger partial charge is 0.416 e. The Kier molecular flexibility index (Phi) is 7.74. The van der Waals surface area contributed by atoms with Crippen molar-refractivity contribution >= 4 is 11.8 Å². The average molecular weight is 532 g/mol. The van der Waals surface area contributed by atoms with Crippen molar-refractivity contribution in [1.29, 1.82) is 0 Å². The van der Waals surface area contributed by atoms with E-state index in [1.54, 1.807) is 0 Å². The molecule has 3 fully saturated rings. The van der Waals surface area contributed by atoms with E-state index in [0.717, 1.165) is 56.5 Å². The SMILES string of the molecule is CC1OC(c2cccc(C3CCC(N4CC(NC(=O)CNC(=O)c5cccc(C(F)(F)F)c5)C4)CC3)c2)O1. The topological polar surface area (TPSA) is 79.9 Å². The highest BCUT2D eigenvalue weighted by Gasteiger charge is 2.36. The van der Waals surface area contributed by atoms with Crippen LogP contribution >= 0.6 is 0 Å². The molecule has 2 saturated heterocycles. The molecule has 0 bridgehead atoms. The molecule has 1 saturated carbocycles. The molecule has 38 heavy (non-hydrogen) atoms. The van der Waals surface area contributed by atoms with Crippen molar-refractivity contribution in [2.45, 2.75) is 69.4 Å². The lowest BCUT2D eigenvalue weighted by atomic mass is 9.80. The van der Waals surface area contributed by atoms with Gasteiger partial charge in [-0.3, -0.25) is 14.5 Å². The van der Waals surface area contributed by atoms with Gasteiger partial charge in [0, 0.05) is 30.3 Å². The van der Waals surface area contributed by atoms with Crippen molar-refractivity contribution in [3.8, 4) is 0 Å². The van der Waals surface area contributed by atoms with Gasteiger partial charge in [0.05, 0.1) is 18.2 Å². The van der Waals surface area contributed by atoms with E-state index in [0.29, 0.717) is 12.0 Å². The predicted octanol–water partition coefficient (Wildman–Crippen LogP) is 4.35. The van der Waals surface area contributed by atoms with Gasteiger partial charge in [-0.15, -0.1) is 0 Å². The first kappa shape index (κ1) is 26.6. The third-order valence-electron chi connectivity index (χ3n) is 7.63. The Morgan fingerprint density at radius 1 is 0.974 bits per heavy atom. The van der Waals surface area contributed by atoms with Gasteiger partial charge < -0.3 is 20.1 Å². The second-order valence-corrected chi connectivity index (χ2v) is 10.3. The summed E-state index contributed by atoms with van der Waals surface area (Å²) in [5.41, 5.74) is 1.35. The first-order valence-corrected chi connectivity index (χ1v) is 13.1. The molecule has 0 unspecified atom stereocenters. The molecule has 0 radical (unpaired) electrons. The zero-order valence-electron chi connectivity index (χ0n) is 21.2. The van der Waals surface area contributed by atoms with Gasteiger partial charge in [0.25, 0.3) is 5.91 Å². The Morgan fingerprint density at radius 3 is 2.34 bits per heavy atom. The van der Waals surface area contributed by atoms with Crippen LogP contribution in [0, 0.1) is 0 Å². The number of nitrogens with zero attached hydrogens (tertiary/aromatic N) is 1. The second kappa shape index (κ2) is 11.0. The molecular formula is C28H32F3N3O4. The van der Waals surface area contributed by atoms with Crippen LogP contribution in [-0.2, 0) is 20.4 Å². The van der Waals surface area contributed by atoms with E-state index in [-0.39, 0.29) is 36.6 Å². The fourth-order valence-corrected chi connectivity index (χ4v) is 5.53. The summed E-state index contributed by atoms with van der Waals surface area (Å²) in [6.45, 7) is 3.11. The molecule has 0 aromatic heterocycles. The summed E-state index contributed by atoms with van der Waals surface area (Å²) in [6, 6.07) is 13.1. The number of ether oxygens (including phenoxy) is 2. The van der Waals surface area contributed by atoms with Crippen LogP contribution in [0.2, 0.25) is 0 Å². The van der Waals surface area contributed by atoms with Gasteiger partial charge >= 0.3 is 6.18 Å². The van der Waals surface area contributed by atoms with Gasteiger partial charge in [0.2, 0.25) is 5.91 Å². The number of nitrogens with one attached hydrogen (secondary N) is 2. The Balaban J connectivity index is 1.01.